The summed E-state index contributed by atoms with van der Waals surface area (Å²) in [6.45, 7) is 3.97. The second-order valence-corrected chi connectivity index (χ2v) is 9.12. The van der Waals surface area contributed by atoms with E-state index in [9.17, 15) is 13.2 Å². The first-order chi connectivity index (χ1) is 15.8. The summed E-state index contributed by atoms with van der Waals surface area (Å²) in [5.41, 5.74) is 1.30. The lowest BCUT2D eigenvalue weighted by molar-refractivity contribution is -0.131. The zero-order valence-electron chi connectivity index (χ0n) is 18.9. The van der Waals surface area contributed by atoms with Crippen molar-refractivity contribution in [2.75, 3.05) is 51.9 Å². The van der Waals surface area contributed by atoms with Crippen LogP contribution >= 0.6 is 0 Å². The molecule has 3 rings (SSSR count). The molecular weight excluding hydrogens is 448 g/mol. The Labute approximate surface area is 193 Å². The number of methoxy groups -OCH3 is 2. The summed E-state index contributed by atoms with van der Waals surface area (Å²) < 4.78 is 44.9. The van der Waals surface area contributed by atoms with Gasteiger partial charge in [0, 0.05) is 32.3 Å². The number of hydrogen-bond donors (Lipinski definition) is 1. The zero-order chi connectivity index (χ0) is 24.0. The Bertz CT molecular complexity index is 1120. The van der Waals surface area contributed by atoms with Gasteiger partial charge >= 0.3 is 5.97 Å². The molecule has 33 heavy (non-hydrogen) atoms. The standard InChI is InChI=1S/C23H28N2O7S/c1-4-32-19-8-6-5-7-18(19)24-11-13-25(14-12-24)33(28,29)21-16-17(9-10-22(26)27)15-20(30-2)23(21)31-3/h5-10,15-16H,4,11-14H2,1-3H3,(H,26,27)/b10-9+. The van der Waals surface area contributed by atoms with Gasteiger partial charge in [0.15, 0.2) is 11.5 Å². The molecule has 0 aliphatic carbocycles. The molecule has 1 saturated heterocycles. The largest absolute Gasteiger partial charge is 0.493 e. The maximum Gasteiger partial charge on any atom is 0.328 e. The highest BCUT2D eigenvalue weighted by Gasteiger charge is 2.33. The molecule has 1 heterocycles. The molecule has 1 N–H and O–H groups in total. The second-order valence-electron chi connectivity index (χ2n) is 7.22. The summed E-state index contributed by atoms with van der Waals surface area (Å²) in [7, 11) is -1.17. The monoisotopic (exact) mass is 476 g/mol. The number of hydrogen-bond acceptors (Lipinski definition) is 7. The molecule has 0 atom stereocenters. The third kappa shape index (κ3) is 5.40. The molecule has 0 saturated carbocycles. The van der Waals surface area contributed by atoms with Crippen molar-refractivity contribution in [1.29, 1.82) is 0 Å². The summed E-state index contributed by atoms with van der Waals surface area (Å²) in [6.07, 6.45) is 2.25. The smallest absolute Gasteiger partial charge is 0.328 e. The summed E-state index contributed by atoms with van der Waals surface area (Å²) >= 11 is 0. The SMILES string of the molecule is CCOc1ccccc1N1CCN(S(=O)(=O)c2cc(/C=C/C(=O)O)cc(OC)c2OC)CC1. The van der Waals surface area contributed by atoms with Crippen molar-refractivity contribution >= 4 is 27.8 Å². The first-order valence-corrected chi connectivity index (χ1v) is 11.9. The number of para-hydroxylation sites is 2. The molecule has 1 aliphatic heterocycles. The van der Waals surface area contributed by atoms with E-state index in [1.54, 1.807) is 0 Å². The van der Waals surface area contributed by atoms with Crippen molar-refractivity contribution < 1.29 is 32.5 Å². The molecule has 0 radical (unpaired) electrons. The number of piperazine rings is 1. The lowest BCUT2D eigenvalue weighted by Crippen LogP contribution is -2.48. The minimum atomic E-state index is -3.94. The van der Waals surface area contributed by atoms with Crippen molar-refractivity contribution in [1.82, 2.24) is 4.31 Å². The Hall–Kier alpha value is -3.24. The van der Waals surface area contributed by atoms with Crippen LogP contribution in [0.3, 0.4) is 0 Å². The first kappa shape index (κ1) is 24.4. The topological polar surface area (TPSA) is 106 Å². The number of rotatable bonds is 9. The third-order valence-corrected chi connectivity index (χ3v) is 7.15. The van der Waals surface area contributed by atoms with Gasteiger partial charge in [-0.25, -0.2) is 13.2 Å². The van der Waals surface area contributed by atoms with Crippen LogP contribution in [0.1, 0.15) is 12.5 Å². The Morgan fingerprint density at radius 3 is 2.36 bits per heavy atom. The van der Waals surface area contributed by atoms with E-state index in [0.717, 1.165) is 17.5 Å². The molecule has 1 aliphatic rings. The van der Waals surface area contributed by atoms with Gasteiger partial charge in [-0.3, -0.25) is 0 Å². The maximum absolute atomic E-state index is 13.5. The summed E-state index contributed by atoms with van der Waals surface area (Å²) in [4.78, 5) is 12.9. The number of benzene rings is 2. The zero-order valence-corrected chi connectivity index (χ0v) is 19.7. The van der Waals surface area contributed by atoms with E-state index in [1.807, 2.05) is 31.2 Å². The predicted molar refractivity (Wildman–Crippen MR) is 125 cm³/mol. The molecule has 178 valence electrons. The molecule has 0 unspecified atom stereocenters. The van der Waals surface area contributed by atoms with Crippen LogP contribution in [-0.2, 0) is 14.8 Å². The van der Waals surface area contributed by atoms with Gasteiger partial charge in [-0.2, -0.15) is 4.31 Å². The minimum absolute atomic E-state index is 0.0717. The molecule has 0 bridgehead atoms. The Kier molecular flexibility index (Phi) is 7.83. The van der Waals surface area contributed by atoms with E-state index < -0.39 is 16.0 Å². The molecular formula is C23H28N2O7S. The number of carboxylic acid groups (broad SMARTS) is 1. The summed E-state index contributed by atoms with van der Waals surface area (Å²) in [5, 5.41) is 8.92. The fourth-order valence-electron chi connectivity index (χ4n) is 3.71. The summed E-state index contributed by atoms with van der Waals surface area (Å²) in [5.74, 6) is -0.0970. The molecule has 0 spiro atoms. The van der Waals surface area contributed by atoms with Crippen molar-refractivity contribution in [3.05, 3.63) is 48.0 Å². The van der Waals surface area contributed by atoms with Gasteiger partial charge in [0.1, 0.15) is 10.6 Å². The fourth-order valence-corrected chi connectivity index (χ4v) is 5.33. The number of aliphatic carboxylic acids is 1. The highest BCUT2D eigenvalue weighted by molar-refractivity contribution is 7.89. The van der Waals surface area contributed by atoms with Crippen molar-refractivity contribution in [2.45, 2.75) is 11.8 Å². The van der Waals surface area contributed by atoms with Crippen LogP contribution in [0.15, 0.2) is 47.4 Å². The van der Waals surface area contributed by atoms with Crippen LogP contribution in [0, 0.1) is 0 Å². The van der Waals surface area contributed by atoms with Crippen molar-refractivity contribution in [3.63, 3.8) is 0 Å². The van der Waals surface area contributed by atoms with Crippen LogP contribution in [0.25, 0.3) is 6.08 Å². The Balaban J connectivity index is 1.89. The molecule has 0 aromatic heterocycles. The van der Waals surface area contributed by atoms with Gasteiger partial charge in [-0.05, 0) is 42.8 Å². The van der Waals surface area contributed by atoms with Crippen molar-refractivity contribution in [2.24, 2.45) is 0 Å². The number of ether oxygens (including phenoxy) is 3. The average molecular weight is 477 g/mol. The number of carbonyl (C=O) groups is 1. The molecule has 10 heteroatoms. The van der Waals surface area contributed by atoms with Gasteiger partial charge < -0.3 is 24.2 Å². The van der Waals surface area contributed by atoms with Gasteiger partial charge in [0.2, 0.25) is 10.0 Å². The minimum Gasteiger partial charge on any atom is -0.493 e. The number of anilines is 1. The second kappa shape index (κ2) is 10.6. The van der Waals surface area contributed by atoms with Crippen LogP contribution in [0.4, 0.5) is 5.69 Å². The van der Waals surface area contributed by atoms with Crippen LogP contribution in [0.2, 0.25) is 0 Å². The molecule has 2 aromatic carbocycles. The Morgan fingerprint density at radius 2 is 1.76 bits per heavy atom. The highest BCUT2D eigenvalue weighted by atomic mass is 32.2. The van der Waals surface area contributed by atoms with E-state index >= 15 is 0 Å². The van der Waals surface area contributed by atoms with Crippen LogP contribution < -0.4 is 19.1 Å². The molecule has 2 aromatic rings. The summed E-state index contributed by atoms with van der Waals surface area (Å²) in [6, 6.07) is 10.6. The lowest BCUT2D eigenvalue weighted by atomic mass is 10.2. The highest BCUT2D eigenvalue weighted by Crippen LogP contribution is 2.38. The third-order valence-electron chi connectivity index (χ3n) is 5.25. The molecule has 9 nitrogen and oxygen atoms in total. The van der Waals surface area contributed by atoms with Crippen LogP contribution in [-0.4, -0.2) is 70.8 Å². The van der Waals surface area contributed by atoms with E-state index in [0.29, 0.717) is 25.3 Å². The Morgan fingerprint density at radius 1 is 1.06 bits per heavy atom. The van der Waals surface area contributed by atoms with E-state index in [2.05, 4.69) is 4.90 Å². The molecule has 1 fully saturated rings. The first-order valence-electron chi connectivity index (χ1n) is 10.5. The average Bonchev–Trinajstić information content (AvgIpc) is 2.82. The molecule has 0 amide bonds. The number of nitrogens with zero attached hydrogens (tertiary/aromatic N) is 2. The van der Waals surface area contributed by atoms with Crippen molar-refractivity contribution in [3.8, 4) is 17.2 Å². The van der Waals surface area contributed by atoms with Gasteiger partial charge in [0.25, 0.3) is 0 Å². The van der Waals surface area contributed by atoms with Gasteiger partial charge in [-0.1, -0.05) is 12.1 Å². The maximum atomic E-state index is 13.5. The quantitative estimate of drug-likeness (QED) is 0.551. The van der Waals surface area contributed by atoms with E-state index in [-0.39, 0.29) is 29.5 Å². The van der Waals surface area contributed by atoms with Gasteiger partial charge in [-0.15, -0.1) is 0 Å². The number of sulfonamides is 1. The predicted octanol–water partition coefficient (Wildman–Crippen LogP) is 2.71. The fraction of sp³-hybridized carbons (Fsp3) is 0.348. The van der Waals surface area contributed by atoms with E-state index in [4.69, 9.17) is 19.3 Å². The van der Waals surface area contributed by atoms with Crippen LogP contribution in [0.5, 0.6) is 17.2 Å². The number of carboxylic acids is 1. The van der Waals surface area contributed by atoms with E-state index in [1.165, 1.54) is 36.7 Å². The normalized spacial score (nSPS) is 14.9. The lowest BCUT2D eigenvalue weighted by Gasteiger charge is -2.36. The van der Waals surface area contributed by atoms with Gasteiger partial charge in [0.05, 0.1) is 26.5 Å².